The second kappa shape index (κ2) is 5.86. The Morgan fingerprint density at radius 1 is 1.46 bits per heavy atom. The molecule has 0 saturated carbocycles. The molecular formula is C10H19NO2. The van der Waals surface area contributed by atoms with E-state index in [0.717, 1.165) is 6.29 Å². The molecule has 0 heterocycles. The van der Waals surface area contributed by atoms with E-state index in [0.29, 0.717) is 6.42 Å². The Kier molecular flexibility index (Phi) is 5.55. The summed E-state index contributed by atoms with van der Waals surface area (Å²) in [7, 11) is 1.77. The van der Waals surface area contributed by atoms with Gasteiger partial charge in [-0.25, -0.2) is 0 Å². The van der Waals surface area contributed by atoms with Crippen LogP contribution in [0.5, 0.6) is 0 Å². The van der Waals surface area contributed by atoms with Crippen LogP contribution >= 0.6 is 0 Å². The molecule has 3 heteroatoms. The van der Waals surface area contributed by atoms with Crippen LogP contribution in [-0.4, -0.2) is 25.2 Å². The van der Waals surface area contributed by atoms with Gasteiger partial charge >= 0.3 is 0 Å². The normalized spacial score (nSPS) is 17.5. The lowest BCUT2D eigenvalue weighted by atomic mass is 9.85. The average molecular weight is 185 g/mol. The summed E-state index contributed by atoms with van der Waals surface area (Å²) in [5, 5.41) is 2.98. The molecule has 0 fully saturated rings. The van der Waals surface area contributed by atoms with Crippen LogP contribution in [0.2, 0.25) is 0 Å². The van der Waals surface area contributed by atoms with Crippen LogP contribution in [0.4, 0.5) is 0 Å². The number of hydrogen-bond donors (Lipinski definition) is 1. The van der Waals surface area contributed by atoms with Crippen LogP contribution in [0.25, 0.3) is 0 Å². The van der Waals surface area contributed by atoms with E-state index in [2.05, 4.69) is 5.32 Å². The first kappa shape index (κ1) is 12.3. The van der Waals surface area contributed by atoms with Crippen LogP contribution in [-0.2, 0) is 9.59 Å². The van der Waals surface area contributed by atoms with Crippen LogP contribution in [0.15, 0.2) is 0 Å². The molecule has 0 aromatic heterocycles. The minimum atomic E-state index is -0.130. The molecule has 0 aromatic rings. The largest absolute Gasteiger partial charge is 0.310 e. The fourth-order valence-electron chi connectivity index (χ4n) is 1.53. The van der Waals surface area contributed by atoms with E-state index in [1.165, 1.54) is 0 Å². The van der Waals surface area contributed by atoms with Crippen molar-refractivity contribution >= 4 is 12.1 Å². The maximum absolute atomic E-state index is 11.2. The van der Waals surface area contributed by atoms with Crippen LogP contribution in [0, 0.1) is 11.8 Å². The Bertz CT molecular complexity index is 180. The molecule has 0 radical (unpaired) electrons. The molecule has 76 valence electrons. The second-order valence-electron chi connectivity index (χ2n) is 3.62. The SMILES string of the molecule is CN[C@H](C(C)=O)[C@H](C)[C@H](C)CC=O. The number of aldehydes is 1. The standard InChI is InChI=1S/C10H19NO2/c1-7(5-6-12)8(2)10(11-4)9(3)13/h6-8,10-11H,5H2,1-4H3/t7-,8-,10+/m1/s1. The van der Waals surface area contributed by atoms with Crippen molar-refractivity contribution < 1.29 is 9.59 Å². The van der Waals surface area contributed by atoms with Gasteiger partial charge in [-0.2, -0.15) is 0 Å². The average Bonchev–Trinajstić information content (AvgIpc) is 2.05. The smallest absolute Gasteiger partial charge is 0.146 e. The van der Waals surface area contributed by atoms with Gasteiger partial charge in [-0.1, -0.05) is 13.8 Å². The van der Waals surface area contributed by atoms with Gasteiger partial charge in [-0.15, -0.1) is 0 Å². The molecular weight excluding hydrogens is 166 g/mol. The van der Waals surface area contributed by atoms with Gasteiger partial charge < -0.3 is 10.1 Å². The number of rotatable bonds is 6. The van der Waals surface area contributed by atoms with Gasteiger partial charge in [0.05, 0.1) is 6.04 Å². The number of likely N-dealkylation sites (N-methyl/N-ethyl adjacent to an activating group) is 1. The first-order chi connectivity index (χ1) is 6.04. The number of ketones is 1. The fraction of sp³-hybridized carbons (Fsp3) is 0.800. The van der Waals surface area contributed by atoms with Crippen molar-refractivity contribution in [3.05, 3.63) is 0 Å². The fourth-order valence-corrected chi connectivity index (χ4v) is 1.53. The molecule has 0 aliphatic rings. The monoisotopic (exact) mass is 185 g/mol. The highest BCUT2D eigenvalue weighted by molar-refractivity contribution is 5.81. The summed E-state index contributed by atoms with van der Waals surface area (Å²) in [4.78, 5) is 21.5. The lowest BCUT2D eigenvalue weighted by Crippen LogP contribution is -2.41. The zero-order valence-electron chi connectivity index (χ0n) is 8.83. The molecule has 0 saturated heterocycles. The molecule has 0 rings (SSSR count). The van der Waals surface area contributed by atoms with Gasteiger partial charge in [-0.05, 0) is 25.8 Å². The number of Topliss-reactive ketones (excluding diaryl/α,β-unsaturated/α-hetero) is 1. The van der Waals surface area contributed by atoms with E-state index in [-0.39, 0.29) is 23.7 Å². The van der Waals surface area contributed by atoms with Gasteiger partial charge in [-0.3, -0.25) is 4.79 Å². The predicted molar refractivity (Wildman–Crippen MR) is 52.5 cm³/mol. The van der Waals surface area contributed by atoms with Crippen molar-refractivity contribution in [1.29, 1.82) is 0 Å². The maximum Gasteiger partial charge on any atom is 0.146 e. The summed E-state index contributed by atoms with van der Waals surface area (Å²) in [5.41, 5.74) is 0. The zero-order valence-corrected chi connectivity index (χ0v) is 8.83. The summed E-state index contributed by atoms with van der Waals surface area (Å²) in [6.45, 7) is 5.56. The predicted octanol–water partition coefficient (Wildman–Crippen LogP) is 1.02. The minimum absolute atomic E-state index is 0.130. The molecule has 3 atom stereocenters. The highest BCUT2D eigenvalue weighted by atomic mass is 16.1. The summed E-state index contributed by atoms with van der Waals surface area (Å²) < 4.78 is 0. The van der Waals surface area contributed by atoms with Crippen LogP contribution in [0.3, 0.4) is 0 Å². The Morgan fingerprint density at radius 2 is 2.00 bits per heavy atom. The third kappa shape index (κ3) is 3.68. The molecule has 1 N–H and O–H groups in total. The highest BCUT2D eigenvalue weighted by Crippen LogP contribution is 2.18. The van der Waals surface area contributed by atoms with E-state index in [4.69, 9.17) is 0 Å². The summed E-state index contributed by atoms with van der Waals surface area (Å²) in [5.74, 6) is 0.583. The van der Waals surface area contributed by atoms with E-state index in [1.807, 2.05) is 13.8 Å². The summed E-state index contributed by atoms with van der Waals surface area (Å²) in [6, 6.07) is -0.130. The highest BCUT2D eigenvalue weighted by Gasteiger charge is 2.24. The van der Waals surface area contributed by atoms with Crippen molar-refractivity contribution in [2.75, 3.05) is 7.05 Å². The van der Waals surface area contributed by atoms with Crippen molar-refractivity contribution in [2.45, 2.75) is 33.2 Å². The third-order valence-electron chi connectivity index (χ3n) is 2.64. The van der Waals surface area contributed by atoms with E-state index in [1.54, 1.807) is 14.0 Å². The number of hydrogen-bond acceptors (Lipinski definition) is 3. The quantitative estimate of drug-likeness (QED) is 0.628. The van der Waals surface area contributed by atoms with E-state index >= 15 is 0 Å². The molecule has 13 heavy (non-hydrogen) atoms. The molecule has 3 nitrogen and oxygen atoms in total. The minimum Gasteiger partial charge on any atom is -0.310 e. The molecule has 0 aliphatic heterocycles. The van der Waals surface area contributed by atoms with E-state index < -0.39 is 0 Å². The van der Waals surface area contributed by atoms with Gasteiger partial charge in [0.25, 0.3) is 0 Å². The molecule has 0 unspecified atom stereocenters. The van der Waals surface area contributed by atoms with Crippen molar-refractivity contribution in [1.82, 2.24) is 5.32 Å². The Balaban J connectivity index is 4.26. The molecule has 0 bridgehead atoms. The first-order valence-corrected chi connectivity index (χ1v) is 4.66. The molecule has 0 spiro atoms. The number of carbonyl (C=O) groups is 2. The van der Waals surface area contributed by atoms with Gasteiger partial charge in [0, 0.05) is 6.42 Å². The van der Waals surface area contributed by atoms with Crippen molar-refractivity contribution in [3.8, 4) is 0 Å². The maximum atomic E-state index is 11.2. The Morgan fingerprint density at radius 3 is 2.31 bits per heavy atom. The number of nitrogens with one attached hydrogen (secondary N) is 1. The Hall–Kier alpha value is -0.700. The lowest BCUT2D eigenvalue weighted by molar-refractivity contribution is -0.120. The topological polar surface area (TPSA) is 46.2 Å². The second-order valence-corrected chi connectivity index (χ2v) is 3.62. The lowest BCUT2D eigenvalue weighted by Gasteiger charge is -2.25. The molecule has 0 aliphatic carbocycles. The van der Waals surface area contributed by atoms with Gasteiger partial charge in [0.15, 0.2) is 0 Å². The van der Waals surface area contributed by atoms with Gasteiger partial charge in [0.2, 0.25) is 0 Å². The third-order valence-corrected chi connectivity index (χ3v) is 2.64. The summed E-state index contributed by atoms with van der Waals surface area (Å²) in [6.07, 6.45) is 1.43. The molecule has 0 aromatic carbocycles. The van der Waals surface area contributed by atoms with Gasteiger partial charge in [0.1, 0.15) is 12.1 Å². The van der Waals surface area contributed by atoms with Crippen molar-refractivity contribution in [2.24, 2.45) is 11.8 Å². The summed E-state index contributed by atoms with van der Waals surface area (Å²) >= 11 is 0. The zero-order chi connectivity index (χ0) is 10.4. The number of carbonyl (C=O) groups excluding carboxylic acids is 2. The first-order valence-electron chi connectivity index (χ1n) is 4.66. The van der Waals surface area contributed by atoms with Crippen LogP contribution in [0.1, 0.15) is 27.2 Å². The Labute approximate surface area is 79.9 Å². The van der Waals surface area contributed by atoms with Crippen molar-refractivity contribution in [3.63, 3.8) is 0 Å². The molecule has 0 amide bonds. The van der Waals surface area contributed by atoms with Crippen LogP contribution < -0.4 is 5.32 Å². The van der Waals surface area contributed by atoms with E-state index in [9.17, 15) is 9.59 Å².